The SMILES string of the molecule is CNCc1ccc(Sc2nc(N)cc(=O)[nH]2)c(C#N)c1. The van der Waals surface area contributed by atoms with E-state index in [2.05, 4.69) is 21.4 Å². The highest BCUT2D eigenvalue weighted by molar-refractivity contribution is 7.99. The number of benzene rings is 1. The second-order valence-electron chi connectivity index (χ2n) is 4.05. The third-order valence-electron chi connectivity index (χ3n) is 2.49. The lowest BCUT2D eigenvalue weighted by Gasteiger charge is -2.06. The van der Waals surface area contributed by atoms with Crippen LogP contribution in [0.15, 0.2) is 39.1 Å². The van der Waals surface area contributed by atoms with Gasteiger partial charge >= 0.3 is 0 Å². The Morgan fingerprint density at radius 3 is 2.95 bits per heavy atom. The summed E-state index contributed by atoms with van der Waals surface area (Å²) in [5.74, 6) is 0.154. The van der Waals surface area contributed by atoms with Crippen LogP contribution < -0.4 is 16.6 Å². The fourth-order valence-electron chi connectivity index (χ4n) is 1.67. The number of anilines is 1. The summed E-state index contributed by atoms with van der Waals surface area (Å²) in [7, 11) is 1.84. The standard InChI is InChI=1S/C13H13N5OS/c1-16-7-8-2-3-10(9(4-8)6-14)20-13-17-11(15)5-12(19)18-13/h2-5,16H,7H2,1H3,(H3,15,17,18,19). The first-order chi connectivity index (χ1) is 9.62. The summed E-state index contributed by atoms with van der Waals surface area (Å²) >= 11 is 1.20. The van der Waals surface area contributed by atoms with E-state index in [0.717, 1.165) is 10.5 Å². The number of nitriles is 1. The Balaban J connectivity index is 2.33. The predicted molar refractivity (Wildman–Crippen MR) is 77.3 cm³/mol. The van der Waals surface area contributed by atoms with Gasteiger partial charge in [-0.2, -0.15) is 5.26 Å². The molecule has 7 heteroatoms. The van der Waals surface area contributed by atoms with Gasteiger partial charge in [0.1, 0.15) is 11.9 Å². The van der Waals surface area contributed by atoms with Crippen LogP contribution in [0, 0.1) is 11.3 Å². The van der Waals surface area contributed by atoms with E-state index < -0.39 is 0 Å². The van der Waals surface area contributed by atoms with E-state index in [1.165, 1.54) is 17.8 Å². The molecule has 2 aromatic rings. The zero-order valence-corrected chi connectivity index (χ0v) is 11.6. The molecule has 0 saturated heterocycles. The molecule has 0 fully saturated rings. The molecule has 0 amide bonds. The minimum atomic E-state index is -0.315. The van der Waals surface area contributed by atoms with Crippen LogP contribution in [-0.4, -0.2) is 17.0 Å². The lowest BCUT2D eigenvalue weighted by atomic mass is 10.1. The van der Waals surface area contributed by atoms with Crippen LogP contribution in [0.1, 0.15) is 11.1 Å². The molecule has 0 saturated carbocycles. The summed E-state index contributed by atoms with van der Waals surface area (Å²) in [6.07, 6.45) is 0. The number of nitrogens with zero attached hydrogens (tertiary/aromatic N) is 2. The second-order valence-corrected chi connectivity index (χ2v) is 5.08. The molecular formula is C13H13N5OS. The fourth-order valence-corrected chi connectivity index (χ4v) is 2.53. The van der Waals surface area contributed by atoms with Gasteiger partial charge in [-0.1, -0.05) is 17.8 Å². The average molecular weight is 287 g/mol. The number of hydrogen-bond acceptors (Lipinski definition) is 6. The van der Waals surface area contributed by atoms with Crippen LogP contribution in [0.2, 0.25) is 0 Å². The molecule has 0 aliphatic rings. The van der Waals surface area contributed by atoms with Gasteiger partial charge < -0.3 is 16.0 Å². The van der Waals surface area contributed by atoms with Crippen LogP contribution in [0.4, 0.5) is 5.82 Å². The number of nitrogens with two attached hydrogens (primary N) is 1. The predicted octanol–water partition coefficient (Wildman–Crippen LogP) is 1.09. The van der Waals surface area contributed by atoms with E-state index in [0.29, 0.717) is 17.3 Å². The second kappa shape index (κ2) is 6.23. The van der Waals surface area contributed by atoms with Gasteiger partial charge in [0.25, 0.3) is 5.56 Å². The third-order valence-corrected chi connectivity index (χ3v) is 3.45. The molecule has 0 unspecified atom stereocenters. The number of nitrogens with one attached hydrogen (secondary N) is 2. The number of H-pyrrole nitrogens is 1. The zero-order chi connectivity index (χ0) is 14.5. The Morgan fingerprint density at radius 1 is 1.50 bits per heavy atom. The van der Waals surface area contributed by atoms with Gasteiger partial charge in [0, 0.05) is 17.5 Å². The smallest absolute Gasteiger partial charge is 0.253 e. The van der Waals surface area contributed by atoms with Crippen molar-refractivity contribution in [3.63, 3.8) is 0 Å². The van der Waals surface area contributed by atoms with Crippen LogP contribution in [0.3, 0.4) is 0 Å². The van der Waals surface area contributed by atoms with Gasteiger partial charge in [-0.3, -0.25) is 4.79 Å². The Morgan fingerprint density at radius 2 is 2.30 bits per heavy atom. The molecule has 0 spiro atoms. The van der Waals surface area contributed by atoms with Crippen LogP contribution in [0.5, 0.6) is 0 Å². The summed E-state index contributed by atoms with van der Waals surface area (Å²) in [5.41, 5.74) is 6.77. The molecule has 102 valence electrons. The molecular weight excluding hydrogens is 274 g/mol. The molecule has 0 radical (unpaired) electrons. The number of nitrogen functional groups attached to an aromatic ring is 1. The maximum Gasteiger partial charge on any atom is 0.253 e. The Bertz CT molecular complexity index is 719. The first kappa shape index (κ1) is 14.1. The van der Waals surface area contributed by atoms with Crippen molar-refractivity contribution in [1.29, 1.82) is 5.26 Å². The quantitative estimate of drug-likeness (QED) is 0.727. The lowest BCUT2D eigenvalue weighted by molar-refractivity contribution is 0.816. The van der Waals surface area contributed by atoms with E-state index in [4.69, 9.17) is 5.73 Å². The number of aromatic amines is 1. The van der Waals surface area contributed by atoms with Crippen molar-refractivity contribution in [2.24, 2.45) is 0 Å². The molecule has 6 nitrogen and oxygen atoms in total. The van der Waals surface area contributed by atoms with E-state index in [1.54, 1.807) is 0 Å². The molecule has 2 rings (SSSR count). The molecule has 0 bridgehead atoms. The molecule has 20 heavy (non-hydrogen) atoms. The minimum Gasteiger partial charge on any atom is -0.383 e. The van der Waals surface area contributed by atoms with Crippen molar-refractivity contribution >= 4 is 17.6 Å². The number of rotatable bonds is 4. The van der Waals surface area contributed by atoms with Crippen molar-refractivity contribution in [1.82, 2.24) is 15.3 Å². The molecule has 0 aliphatic carbocycles. The Hall–Kier alpha value is -2.30. The topological polar surface area (TPSA) is 108 Å². The highest BCUT2D eigenvalue weighted by Crippen LogP contribution is 2.28. The highest BCUT2D eigenvalue weighted by atomic mass is 32.2. The van der Waals surface area contributed by atoms with E-state index in [-0.39, 0.29) is 11.4 Å². The molecule has 1 aromatic carbocycles. The van der Waals surface area contributed by atoms with E-state index in [9.17, 15) is 10.1 Å². The summed E-state index contributed by atoms with van der Waals surface area (Å²) in [6, 6.07) is 8.92. The van der Waals surface area contributed by atoms with Crippen molar-refractivity contribution < 1.29 is 0 Å². The molecule has 1 aromatic heterocycles. The maximum atomic E-state index is 11.3. The third kappa shape index (κ3) is 3.38. The molecule has 0 atom stereocenters. The number of aromatic nitrogens is 2. The van der Waals surface area contributed by atoms with Crippen molar-refractivity contribution in [2.75, 3.05) is 12.8 Å². The summed E-state index contributed by atoms with van der Waals surface area (Å²) in [4.78, 5) is 18.7. The maximum absolute atomic E-state index is 11.3. The van der Waals surface area contributed by atoms with Crippen molar-refractivity contribution in [3.05, 3.63) is 45.7 Å². The zero-order valence-electron chi connectivity index (χ0n) is 10.8. The fraction of sp³-hybridized carbons (Fsp3) is 0.154. The van der Waals surface area contributed by atoms with Gasteiger partial charge in [0.15, 0.2) is 5.16 Å². The summed E-state index contributed by atoms with van der Waals surface area (Å²) in [6.45, 7) is 0.687. The van der Waals surface area contributed by atoms with Crippen LogP contribution >= 0.6 is 11.8 Å². The first-order valence-corrected chi connectivity index (χ1v) is 6.66. The minimum absolute atomic E-state index is 0.154. The summed E-state index contributed by atoms with van der Waals surface area (Å²) < 4.78 is 0. The molecule has 0 aliphatic heterocycles. The van der Waals surface area contributed by atoms with Gasteiger partial charge in [-0.15, -0.1) is 0 Å². The Kier molecular flexibility index (Phi) is 4.40. The molecule has 1 heterocycles. The highest BCUT2D eigenvalue weighted by Gasteiger charge is 2.08. The Labute approximate surface area is 120 Å². The van der Waals surface area contributed by atoms with Gasteiger partial charge in [0.05, 0.1) is 5.56 Å². The number of hydrogen-bond donors (Lipinski definition) is 3. The van der Waals surface area contributed by atoms with Gasteiger partial charge in [-0.25, -0.2) is 4.98 Å². The molecule has 4 N–H and O–H groups in total. The first-order valence-electron chi connectivity index (χ1n) is 5.84. The van der Waals surface area contributed by atoms with Crippen molar-refractivity contribution in [3.8, 4) is 6.07 Å². The van der Waals surface area contributed by atoms with Gasteiger partial charge in [-0.05, 0) is 24.7 Å². The van der Waals surface area contributed by atoms with E-state index >= 15 is 0 Å². The largest absolute Gasteiger partial charge is 0.383 e. The lowest BCUT2D eigenvalue weighted by Crippen LogP contribution is -2.09. The average Bonchev–Trinajstić information content (AvgIpc) is 2.39. The monoisotopic (exact) mass is 287 g/mol. The van der Waals surface area contributed by atoms with Crippen LogP contribution in [-0.2, 0) is 6.54 Å². The van der Waals surface area contributed by atoms with Crippen molar-refractivity contribution in [2.45, 2.75) is 16.6 Å². The normalized spacial score (nSPS) is 10.2. The van der Waals surface area contributed by atoms with E-state index in [1.807, 2.05) is 25.2 Å². The van der Waals surface area contributed by atoms with Crippen LogP contribution in [0.25, 0.3) is 0 Å². The van der Waals surface area contributed by atoms with Gasteiger partial charge in [0.2, 0.25) is 0 Å². The summed E-state index contributed by atoms with van der Waals surface area (Å²) in [5, 5.41) is 12.6.